The third-order valence-electron chi connectivity index (χ3n) is 4.00. The Kier molecular flexibility index (Phi) is 3.73. The summed E-state index contributed by atoms with van der Waals surface area (Å²) >= 11 is 3.68. The van der Waals surface area contributed by atoms with Crippen LogP contribution in [0.2, 0.25) is 0 Å². The topological polar surface area (TPSA) is 44.4 Å². The van der Waals surface area contributed by atoms with E-state index in [1.807, 2.05) is 7.05 Å². The number of hydrogen-bond acceptors (Lipinski definition) is 3. The van der Waals surface area contributed by atoms with E-state index in [9.17, 15) is 4.79 Å². The number of fused-ring (bicyclic) bond motifs is 1. The summed E-state index contributed by atoms with van der Waals surface area (Å²) in [6.07, 6.45) is 3.68. The van der Waals surface area contributed by atoms with E-state index in [1.54, 1.807) is 0 Å². The molecule has 0 aromatic heterocycles. The lowest BCUT2D eigenvalue weighted by molar-refractivity contribution is -0.117. The van der Waals surface area contributed by atoms with E-state index in [0.29, 0.717) is 6.04 Å². The van der Waals surface area contributed by atoms with Crippen LogP contribution >= 0.6 is 15.9 Å². The molecule has 0 saturated heterocycles. The highest BCUT2D eigenvalue weighted by molar-refractivity contribution is 9.10. The molecule has 1 heterocycles. The van der Waals surface area contributed by atoms with Gasteiger partial charge in [0.25, 0.3) is 0 Å². The fourth-order valence-corrected chi connectivity index (χ4v) is 3.49. The van der Waals surface area contributed by atoms with Crippen molar-refractivity contribution in [2.24, 2.45) is 0 Å². The largest absolute Gasteiger partial charge is 0.368 e. The zero-order valence-corrected chi connectivity index (χ0v) is 13.5. The molecule has 1 unspecified atom stereocenters. The maximum absolute atomic E-state index is 11.9. The minimum atomic E-state index is -0.240. The summed E-state index contributed by atoms with van der Waals surface area (Å²) in [5.41, 5.74) is 3.17. The van der Waals surface area contributed by atoms with Crippen molar-refractivity contribution >= 4 is 33.2 Å². The summed E-state index contributed by atoms with van der Waals surface area (Å²) < 4.78 is 1.08. The van der Waals surface area contributed by atoms with Crippen LogP contribution in [0.4, 0.5) is 11.4 Å². The van der Waals surface area contributed by atoms with E-state index >= 15 is 0 Å². The molecule has 0 bridgehead atoms. The molecule has 1 atom stereocenters. The third-order valence-corrected chi connectivity index (χ3v) is 4.64. The summed E-state index contributed by atoms with van der Waals surface area (Å²) in [4.78, 5) is 14.4. The number of benzene rings is 1. The van der Waals surface area contributed by atoms with E-state index in [0.717, 1.165) is 28.7 Å². The molecule has 2 N–H and O–H groups in total. The van der Waals surface area contributed by atoms with Crippen molar-refractivity contribution in [3.63, 3.8) is 0 Å². The van der Waals surface area contributed by atoms with Crippen LogP contribution in [0.25, 0.3) is 0 Å². The Hall–Kier alpha value is -1.07. The fraction of sp³-hybridized carbons (Fsp3) is 0.533. The number of halogens is 1. The molecule has 20 heavy (non-hydrogen) atoms. The molecule has 1 aliphatic heterocycles. The highest BCUT2D eigenvalue weighted by atomic mass is 79.9. The first kappa shape index (κ1) is 13.9. The Morgan fingerprint density at radius 2 is 2.20 bits per heavy atom. The van der Waals surface area contributed by atoms with E-state index in [4.69, 9.17) is 0 Å². The van der Waals surface area contributed by atoms with Crippen LogP contribution in [0.5, 0.6) is 0 Å². The molecule has 3 rings (SSSR count). The van der Waals surface area contributed by atoms with Gasteiger partial charge >= 0.3 is 0 Å². The van der Waals surface area contributed by atoms with Crippen LogP contribution in [0.15, 0.2) is 16.6 Å². The number of carbonyl (C=O) groups is 1. The van der Waals surface area contributed by atoms with Gasteiger partial charge < -0.3 is 15.5 Å². The van der Waals surface area contributed by atoms with Gasteiger partial charge in [-0.3, -0.25) is 4.79 Å². The predicted molar refractivity (Wildman–Crippen MR) is 85.2 cm³/mol. The maximum atomic E-state index is 11.9. The van der Waals surface area contributed by atoms with Crippen molar-refractivity contribution in [3.8, 4) is 0 Å². The molecule has 1 fully saturated rings. The van der Waals surface area contributed by atoms with Gasteiger partial charge in [-0.2, -0.15) is 0 Å². The van der Waals surface area contributed by atoms with Gasteiger partial charge in [0.15, 0.2) is 0 Å². The number of carbonyl (C=O) groups excluding carboxylic acids is 1. The number of anilines is 2. The molecule has 4 nitrogen and oxygen atoms in total. The Labute approximate surface area is 128 Å². The van der Waals surface area contributed by atoms with E-state index < -0.39 is 0 Å². The molecule has 1 aliphatic carbocycles. The SMILES string of the molecule is CCCN(c1cc2c(cc1Br)C(NC)C(=O)N2)C1CC1. The zero-order valence-electron chi connectivity index (χ0n) is 11.9. The van der Waals surface area contributed by atoms with Crippen LogP contribution in [0.1, 0.15) is 37.8 Å². The Morgan fingerprint density at radius 1 is 1.45 bits per heavy atom. The van der Waals surface area contributed by atoms with Gasteiger partial charge in [0.2, 0.25) is 5.91 Å². The third kappa shape index (κ3) is 2.33. The maximum Gasteiger partial charge on any atom is 0.246 e. The average Bonchev–Trinajstić information content (AvgIpc) is 3.20. The summed E-state index contributed by atoms with van der Waals surface area (Å²) in [6.45, 7) is 3.26. The van der Waals surface area contributed by atoms with Crippen LogP contribution in [-0.4, -0.2) is 25.5 Å². The highest BCUT2D eigenvalue weighted by Crippen LogP contribution is 2.42. The van der Waals surface area contributed by atoms with Crippen LogP contribution in [0.3, 0.4) is 0 Å². The van der Waals surface area contributed by atoms with Gasteiger partial charge in [0.1, 0.15) is 6.04 Å². The van der Waals surface area contributed by atoms with Gasteiger partial charge in [-0.05, 0) is 54.4 Å². The van der Waals surface area contributed by atoms with Crippen molar-refractivity contribution in [2.75, 3.05) is 23.8 Å². The first-order valence-electron chi connectivity index (χ1n) is 7.24. The molecule has 1 amide bonds. The molecule has 5 heteroatoms. The number of rotatable bonds is 5. The average molecular weight is 338 g/mol. The fourth-order valence-electron chi connectivity index (χ4n) is 2.90. The lowest BCUT2D eigenvalue weighted by Gasteiger charge is -2.26. The Bertz CT molecular complexity index is 542. The first-order valence-corrected chi connectivity index (χ1v) is 8.03. The normalized spacial score (nSPS) is 20.8. The lowest BCUT2D eigenvalue weighted by Crippen LogP contribution is -2.26. The van der Waals surface area contributed by atoms with Crippen molar-refractivity contribution in [3.05, 3.63) is 22.2 Å². The summed E-state index contributed by atoms with van der Waals surface area (Å²) in [5, 5.41) is 6.03. The highest BCUT2D eigenvalue weighted by Gasteiger charge is 2.33. The second kappa shape index (κ2) is 5.37. The number of likely N-dealkylation sites (N-methyl/N-ethyl adjacent to an activating group) is 1. The van der Waals surface area contributed by atoms with Gasteiger partial charge in [-0.15, -0.1) is 0 Å². The van der Waals surface area contributed by atoms with Gasteiger partial charge in [0, 0.05) is 28.3 Å². The first-order chi connectivity index (χ1) is 9.65. The molecule has 0 radical (unpaired) electrons. The quantitative estimate of drug-likeness (QED) is 0.867. The monoisotopic (exact) mass is 337 g/mol. The molecule has 2 aliphatic rings. The van der Waals surface area contributed by atoms with Gasteiger partial charge in [0.05, 0.1) is 5.69 Å². The second-order valence-corrected chi connectivity index (χ2v) is 6.38. The van der Waals surface area contributed by atoms with Crippen molar-refractivity contribution < 1.29 is 4.79 Å². The Morgan fingerprint density at radius 3 is 2.80 bits per heavy atom. The van der Waals surface area contributed by atoms with Gasteiger partial charge in [-0.1, -0.05) is 6.92 Å². The van der Waals surface area contributed by atoms with E-state index in [2.05, 4.69) is 50.5 Å². The molecule has 1 aromatic carbocycles. The molecular weight excluding hydrogens is 318 g/mol. The summed E-state index contributed by atoms with van der Waals surface area (Å²) in [5.74, 6) is 0.0278. The minimum Gasteiger partial charge on any atom is -0.368 e. The molecule has 1 saturated carbocycles. The van der Waals surface area contributed by atoms with Crippen LogP contribution in [0, 0.1) is 0 Å². The molecular formula is C15H20BrN3O. The number of nitrogens with zero attached hydrogens (tertiary/aromatic N) is 1. The van der Waals surface area contributed by atoms with Crippen molar-refractivity contribution in [2.45, 2.75) is 38.3 Å². The van der Waals surface area contributed by atoms with Crippen molar-refractivity contribution in [1.82, 2.24) is 5.32 Å². The summed E-state index contributed by atoms with van der Waals surface area (Å²) in [7, 11) is 1.81. The van der Waals surface area contributed by atoms with Gasteiger partial charge in [-0.25, -0.2) is 0 Å². The zero-order chi connectivity index (χ0) is 14.3. The lowest BCUT2D eigenvalue weighted by atomic mass is 10.1. The number of amides is 1. The van der Waals surface area contributed by atoms with E-state index in [-0.39, 0.29) is 11.9 Å². The second-order valence-electron chi connectivity index (χ2n) is 5.53. The van der Waals surface area contributed by atoms with E-state index in [1.165, 1.54) is 18.5 Å². The molecule has 0 spiro atoms. The van der Waals surface area contributed by atoms with Crippen LogP contribution in [-0.2, 0) is 4.79 Å². The smallest absolute Gasteiger partial charge is 0.246 e. The van der Waals surface area contributed by atoms with Crippen molar-refractivity contribution in [1.29, 1.82) is 0 Å². The summed E-state index contributed by atoms with van der Waals surface area (Å²) in [6, 6.07) is 4.62. The standard InChI is InChI=1S/C15H20BrN3O/c1-3-6-19(9-4-5-9)13-8-12-10(7-11(13)16)14(17-2)15(20)18-12/h7-9,14,17H,3-6H2,1-2H3,(H,18,20). The predicted octanol–water partition coefficient (Wildman–Crippen LogP) is 3.04. The Balaban J connectivity index is 1.98. The van der Waals surface area contributed by atoms with Crippen LogP contribution < -0.4 is 15.5 Å². The molecule has 108 valence electrons. The molecule has 1 aromatic rings. The number of hydrogen-bond donors (Lipinski definition) is 2. The number of nitrogens with one attached hydrogen (secondary N) is 2. The minimum absolute atomic E-state index is 0.0278.